The van der Waals surface area contributed by atoms with Crippen LogP contribution in [0.1, 0.15) is 17.5 Å². The summed E-state index contributed by atoms with van der Waals surface area (Å²) in [6.45, 7) is 2.33. The van der Waals surface area contributed by atoms with Gasteiger partial charge in [0.2, 0.25) is 11.8 Å². The predicted octanol–water partition coefficient (Wildman–Crippen LogP) is 3.64. The number of halogens is 1. The molecule has 23 heavy (non-hydrogen) atoms. The number of aryl methyl sites for hydroxylation is 1. The summed E-state index contributed by atoms with van der Waals surface area (Å²) in [5.41, 5.74) is 2.55. The Labute approximate surface area is 141 Å². The zero-order valence-corrected chi connectivity index (χ0v) is 13.9. The van der Waals surface area contributed by atoms with Gasteiger partial charge in [0.05, 0.1) is 0 Å². The molecule has 5 heteroatoms. The molecule has 0 radical (unpaired) electrons. The highest BCUT2D eigenvalue weighted by atomic mass is 35.5. The van der Waals surface area contributed by atoms with Gasteiger partial charge in [0, 0.05) is 24.3 Å². The highest BCUT2D eigenvalue weighted by molar-refractivity contribution is 6.30. The summed E-state index contributed by atoms with van der Waals surface area (Å²) >= 11 is 5.88. The fourth-order valence-electron chi connectivity index (χ4n) is 2.18. The van der Waals surface area contributed by atoms with Crippen LogP contribution in [0.15, 0.2) is 48.5 Å². The van der Waals surface area contributed by atoms with E-state index in [-0.39, 0.29) is 18.2 Å². The summed E-state index contributed by atoms with van der Waals surface area (Å²) in [5, 5.41) is 3.35. The normalized spacial score (nSPS) is 10.2. The fourth-order valence-corrected chi connectivity index (χ4v) is 2.41. The van der Waals surface area contributed by atoms with Crippen LogP contribution in [-0.2, 0) is 16.1 Å². The summed E-state index contributed by atoms with van der Waals surface area (Å²) in [7, 11) is 1.69. The van der Waals surface area contributed by atoms with Gasteiger partial charge in [-0.25, -0.2) is 0 Å². The first-order valence-corrected chi connectivity index (χ1v) is 7.67. The molecule has 0 aromatic heterocycles. The monoisotopic (exact) mass is 330 g/mol. The first-order chi connectivity index (χ1) is 11.0. The van der Waals surface area contributed by atoms with Crippen molar-refractivity contribution in [3.05, 3.63) is 64.7 Å². The molecule has 2 aromatic carbocycles. The molecule has 0 atom stereocenters. The minimum absolute atomic E-state index is 0.189. The lowest BCUT2D eigenvalue weighted by molar-refractivity contribution is -0.134. The van der Waals surface area contributed by atoms with Crippen LogP contribution in [0, 0.1) is 6.92 Å². The van der Waals surface area contributed by atoms with Crippen molar-refractivity contribution in [1.29, 1.82) is 0 Å². The van der Waals surface area contributed by atoms with Gasteiger partial charge in [0.1, 0.15) is 6.42 Å². The van der Waals surface area contributed by atoms with E-state index in [1.807, 2.05) is 37.3 Å². The molecule has 120 valence electrons. The van der Waals surface area contributed by atoms with Crippen molar-refractivity contribution in [1.82, 2.24) is 4.90 Å². The molecule has 0 fully saturated rings. The van der Waals surface area contributed by atoms with Gasteiger partial charge in [-0.1, -0.05) is 41.9 Å². The molecule has 0 aliphatic rings. The van der Waals surface area contributed by atoms with Gasteiger partial charge in [-0.05, 0) is 36.2 Å². The van der Waals surface area contributed by atoms with Crippen LogP contribution in [0.2, 0.25) is 5.02 Å². The van der Waals surface area contributed by atoms with Crippen molar-refractivity contribution in [3.63, 3.8) is 0 Å². The van der Waals surface area contributed by atoms with Crippen molar-refractivity contribution in [2.24, 2.45) is 0 Å². The molecule has 0 saturated carbocycles. The van der Waals surface area contributed by atoms with Crippen LogP contribution in [0.25, 0.3) is 0 Å². The number of nitrogens with zero attached hydrogens (tertiary/aromatic N) is 1. The van der Waals surface area contributed by atoms with Gasteiger partial charge in [-0.3, -0.25) is 9.59 Å². The van der Waals surface area contributed by atoms with E-state index in [0.29, 0.717) is 17.3 Å². The topological polar surface area (TPSA) is 49.4 Å². The van der Waals surface area contributed by atoms with E-state index in [0.717, 1.165) is 11.1 Å². The average Bonchev–Trinajstić information content (AvgIpc) is 2.51. The van der Waals surface area contributed by atoms with Crippen LogP contribution in [0.5, 0.6) is 0 Å². The Morgan fingerprint density at radius 1 is 1.13 bits per heavy atom. The quantitative estimate of drug-likeness (QED) is 0.851. The number of hydrogen-bond acceptors (Lipinski definition) is 2. The van der Waals surface area contributed by atoms with Gasteiger partial charge < -0.3 is 10.2 Å². The van der Waals surface area contributed by atoms with Crippen molar-refractivity contribution in [2.75, 3.05) is 12.4 Å². The van der Waals surface area contributed by atoms with Crippen LogP contribution in [-0.4, -0.2) is 23.8 Å². The smallest absolute Gasteiger partial charge is 0.233 e. The Morgan fingerprint density at radius 3 is 2.48 bits per heavy atom. The SMILES string of the molecule is Cc1cc(Cl)ccc1NC(=O)CC(=O)N(C)Cc1ccccc1. The Bertz CT molecular complexity index is 701. The number of nitrogens with one attached hydrogen (secondary N) is 1. The Morgan fingerprint density at radius 2 is 1.83 bits per heavy atom. The van der Waals surface area contributed by atoms with Gasteiger partial charge in [-0.2, -0.15) is 0 Å². The molecule has 0 heterocycles. The Balaban J connectivity index is 1.90. The predicted molar refractivity (Wildman–Crippen MR) is 92.4 cm³/mol. The minimum Gasteiger partial charge on any atom is -0.341 e. The third kappa shape index (κ3) is 5.11. The molecule has 2 amide bonds. The van der Waals surface area contributed by atoms with Crippen molar-refractivity contribution >= 4 is 29.1 Å². The summed E-state index contributed by atoms with van der Waals surface area (Å²) in [5.74, 6) is -0.557. The third-order valence-electron chi connectivity index (χ3n) is 3.46. The van der Waals surface area contributed by atoms with Crippen LogP contribution >= 0.6 is 11.6 Å². The summed E-state index contributed by atoms with van der Waals surface area (Å²) in [4.78, 5) is 25.7. The molecule has 0 spiro atoms. The van der Waals surface area contributed by atoms with Crippen LogP contribution in [0.3, 0.4) is 0 Å². The molecule has 4 nitrogen and oxygen atoms in total. The molecule has 0 aliphatic carbocycles. The van der Waals surface area contributed by atoms with E-state index < -0.39 is 0 Å². The third-order valence-corrected chi connectivity index (χ3v) is 3.70. The van der Waals surface area contributed by atoms with E-state index >= 15 is 0 Å². The minimum atomic E-state index is -0.333. The Hall–Kier alpha value is -2.33. The van der Waals surface area contributed by atoms with E-state index in [1.54, 1.807) is 30.1 Å². The van der Waals surface area contributed by atoms with E-state index in [2.05, 4.69) is 5.32 Å². The number of amides is 2. The van der Waals surface area contributed by atoms with Gasteiger partial charge in [-0.15, -0.1) is 0 Å². The number of hydrogen-bond donors (Lipinski definition) is 1. The largest absolute Gasteiger partial charge is 0.341 e. The molecular weight excluding hydrogens is 312 g/mol. The number of benzene rings is 2. The lowest BCUT2D eigenvalue weighted by Gasteiger charge is -2.17. The first-order valence-electron chi connectivity index (χ1n) is 7.29. The van der Waals surface area contributed by atoms with E-state index in [9.17, 15) is 9.59 Å². The first kappa shape index (κ1) is 17.0. The molecular formula is C18H19ClN2O2. The maximum absolute atomic E-state index is 12.1. The second kappa shape index (κ2) is 7.79. The molecule has 2 rings (SSSR count). The molecule has 0 bridgehead atoms. The summed E-state index contributed by atoms with van der Waals surface area (Å²) in [6, 6.07) is 14.9. The van der Waals surface area contributed by atoms with E-state index in [1.165, 1.54) is 0 Å². The molecule has 2 aromatic rings. The zero-order chi connectivity index (χ0) is 16.8. The van der Waals surface area contributed by atoms with Gasteiger partial charge >= 0.3 is 0 Å². The van der Waals surface area contributed by atoms with Crippen molar-refractivity contribution in [2.45, 2.75) is 19.9 Å². The lowest BCUT2D eigenvalue weighted by atomic mass is 10.2. The number of carbonyl (C=O) groups is 2. The van der Waals surface area contributed by atoms with Crippen molar-refractivity contribution < 1.29 is 9.59 Å². The highest BCUT2D eigenvalue weighted by Crippen LogP contribution is 2.19. The van der Waals surface area contributed by atoms with Crippen molar-refractivity contribution in [3.8, 4) is 0 Å². The Kier molecular flexibility index (Phi) is 5.77. The molecule has 0 unspecified atom stereocenters. The maximum Gasteiger partial charge on any atom is 0.233 e. The number of anilines is 1. The summed E-state index contributed by atoms with van der Waals surface area (Å²) in [6.07, 6.45) is -0.189. The molecule has 1 N–H and O–H groups in total. The second-order valence-corrected chi connectivity index (χ2v) is 5.86. The summed E-state index contributed by atoms with van der Waals surface area (Å²) < 4.78 is 0. The zero-order valence-electron chi connectivity index (χ0n) is 13.2. The van der Waals surface area contributed by atoms with E-state index in [4.69, 9.17) is 11.6 Å². The molecule has 0 saturated heterocycles. The highest BCUT2D eigenvalue weighted by Gasteiger charge is 2.15. The number of rotatable bonds is 5. The second-order valence-electron chi connectivity index (χ2n) is 5.42. The average molecular weight is 331 g/mol. The van der Waals surface area contributed by atoms with Crippen LogP contribution in [0.4, 0.5) is 5.69 Å². The number of carbonyl (C=O) groups excluding carboxylic acids is 2. The maximum atomic E-state index is 12.1. The van der Waals surface area contributed by atoms with Gasteiger partial charge in [0.15, 0.2) is 0 Å². The lowest BCUT2D eigenvalue weighted by Crippen LogP contribution is -2.30. The fraction of sp³-hybridized carbons (Fsp3) is 0.222. The standard InChI is InChI=1S/C18H19ClN2O2/c1-13-10-15(19)8-9-16(13)20-17(22)11-18(23)21(2)12-14-6-4-3-5-7-14/h3-10H,11-12H2,1-2H3,(H,20,22). The molecule has 0 aliphatic heterocycles. The van der Waals surface area contributed by atoms with Crippen LogP contribution < -0.4 is 5.32 Å². The van der Waals surface area contributed by atoms with Gasteiger partial charge in [0.25, 0.3) is 0 Å².